The molecule has 21 heavy (non-hydrogen) atoms. The number of hydrogen-bond donors (Lipinski definition) is 0. The third kappa shape index (κ3) is 2.49. The Morgan fingerprint density at radius 2 is 1.86 bits per heavy atom. The second-order valence-electron chi connectivity index (χ2n) is 5.78. The number of rotatable bonds is 2. The van der Waals surface area contributed by atoms with Gasteiger partial charge in [0.1, 0.15) is 0 Å². The number of aromatic nitrogens is 3. The van der Waals surface area contributed by atoms with E-state index in [1.165, 1.54) is 25.9 Å². The molecule has 0 N–H and O–H groups in total. The van der Waals surface area contributed by atoms with Crippen molar-refractivity contribution in [2.75, 3.05) is 31.1 Å². The molecular weight excluding hydrogens is 262 g/mol. The minimum atomic E-state index is 0.627. The molecule has 3 saturated heterocycles. The Morgan fingerprint density at radius 3 is 2.57 bits per heavy atom. The first kappa shape index (κ1) is 12.7. The molecule has 5 nitrogen and oxygen atoms in total. The summed E-state index contributed by atoms with van der Waals surface area (Å²) in [4.78, 5) is 9.12. The number of hydrogen-bond acceptors (Lipinski definition) is 5. The Bertz CT molecular complexity index is 590. The van der Waals surface area contributed by atoms with E-state index in [0.717, 1.165) is 30.2 Å². The van der Waals surface area contributed by atoms with Gasteiger partial charge in [-0.2, -0.15) is 0 Å². The van der Waals surface area contributed by atoms with Gasteiger partial charge in [0.15, 0.2) is 5.82 Å². The van der Waals surface area contributed by atoms with Gasteiger partial charge >= 0.3 is 0 Å². The van der Waals surface area contributed by atoms with E-state index in [1.54, 1.807) is 6.20 Å². The van der Waals surface area contributed by atoms with Crippen LogP contribution in [-0.4, -0.2) is 52.3 Å². The molecule has 0 aromatic carbocycles. The van der Waals surface area contributed by atoms with Crippen molar-refractivity contribution in [2.24, 2.45) is 0 Å². The summed E-state index contributed by atoms with van der Waals surface area (Å²) in [7, 11) is 0. The Kier molecular flexibility index (Phi) is 3.27. The molecule has 3 aliphatic rings. The molecule has 2 aromatic heterocycles. The average molecular weight is 281 g/mol. The zero-order valence-corrected chi connectivity index (χ0v) is 12.0. The highest BCUT2D eigenvalue weighted by Crippen LogP contribution is 2.26. The van der Waals surface area contributed by atoms with Crippen molar-refractivity contribution in [3.63, 3.8) is 0 Å². The molecule has 5 heteroatoms. The molecule has 0 radical (unpaired) electrons. The SMILES string of the molecule is c1cncc(-c2ccc(N3CCN4CCC3CC4)nn2)c1. The molecule has 2 aromatic rings. The maximum absolute atomic E-state index is 4.47. The van der Waals surface area contributed by atoms with Gasteiger partial charge < -0.3 is 9.80 Å². The maximum Gasteiger partial charge on any atom is 0.151 e. The summed E-state index contributed by atoms with van der Waals surface area (Å²) in [6.07, 6.45) is 6.08. The second kappa shape index (κ2) is 5.41. The van der Waals surface area contributed by atoms with Crippen LogP contribution in [0.3, 0.4) is 0 Å². The molecular formula is C16H19N5. The molecule has 0 saturated carbocycles. The summed E-state index contributed by atoms with van der Waals surface area (Å²) in [6.45, 7) is 4.65. The standard InChI is InChI=1S/C16H19N5/c1-2-13(12-17-7-1)15-3-4-16(19-18-15)21-11-10-20-8-5-14(21)6-9-20/h1-4,7,12,14H,5-6,8-11H2. The predicted octanol–water partition coefficient (Wildman–Crippen LogP) is 1.82. The highest BCUT2D eigenvalue weighted by Gasteiger charge is 2.29. The molecule has 108 valence electrons. The van der Waals surface area contributed by atoms with E-state index >= 15 is 0 Å². The molecule has 0 spiro atoms. The number of piperidine rings is 1. The Labute approximate surface area is 124 Å². The average Bonchev–Trinajstić information content (AvgIpc) is 2.90. The Morgan fingerprint density at radius 1 is 0.952 bits per heavy atom. The molecule has 0 unspecified atom stereocenters. The lowest BCUT2D eigenvalue weighted by Crippen LogP contribution is -2.38. The van der Waals surface area contributed by atoms with E-state index < -0.39 is 0 Å². The Balaban J connectivity index is 1.59. The van der Waals surface area contributed by atoms with Crippen LogP contribution < -0.4 is 4.90 Å². The van der Waals surface area contributed by atoms with Crippen LogP contribution in [0, 0.1) is 0 Å². The molecule has 5 heterocycles. The molecule has 2 bridgehead atoms. The third-order valence-corrected chi connectivity index (χ3v) is 4.56. The van der Waals surface area contributed by atoms with Gasteiger partial charge in [-0.3, -0.25) is 4.98 Å². The van der Waals surface area contributed by atoms with Crippen LogP contribution in [0.4, 0.5) is 5.82 Å². The van der Waals surface area contributed by atoms with Crippen molar-refractivity contribution >= 4 is 5.82 Å². The lowest BCUT2D eigenvalue weighted by Gasteiger charge is -2.31. The van der Waals surface area contributed by atoms with Crippen LogP contribution in [0.25, 0.3) is 11.3 Å². The normalized spacial score (nSPS) is 24.9. The smallest absolute Gasteiger partial charge is 0.151 e. The van der Waals surface area contributed by atoms with Crippen molar-refractivity contribution in [3.8, 4) is 11.3 Å². The highest BCUT2D eigenvalue weighted by molar-refractivity contribution is 5.58. The van der Waals surface area contributed by atoms with Crippen LogP contribution in [0.15, 0.2) is 36.7 Å². The largest absolute Gasteiger partial charge is 0.351 e. The van der Waals surface area contributed by atoms with E-state index in [9.17, 15) is 0 Å². The summed E-state index contributed by atoms with van der Waals surface area (Å²) in [5.41, 5.74) is 1.90. The van der Waals surface area contributed by atoms with E-state index in [1.807, 2.05) is 18.3 Å². The van der Waals surface area contributed by atoms with E-state index in [4.69, 9.17) is 0 Å². The fraction of sp³-hybridized carbons (Fsp3) is 0.438. The molecule has 3 aliphatic heterocycles. The van der Waals surface area contributed by atoms with Gasteiger partial charge in [-0.25, -0.2) is 0 Å². The molecule has 0 amide bonds. The Hall–Kier alpha value is -2.01. The lowest BCUT2D eigenvalue weighted by atomic mass is 10.1. The first-order valence-corrected chi connectivity index (χ1v) is 7.63. The van der Waals surface area contributed by atoms with Gasteiger partial charge in [-0.15, -0.1) is 10.2 Å². The van der Waals surface area contributed by atoms with Crippen LogP contribution in [0.1, 0.15) is 12.8 Å². The topological polar surface area (TPSA) is 45.2 Å². The van der Waals surface area contributed by atoms with Gasteiger partial charge in [-0.05, 0) is 37.1 Å². The first-order chi connectivity index (χ1) is 10.4. The predicted molar refractivity (Wildman–Crippen MR) is 82.1 cm³/mol. The maximum atomic E-state index is 4.47. The zero-order valence-electron chi connectivity index (χ0n) is 12.0. The van der Waals surface area contributed by atoms with Crippen molar-refractivity contribution in [1.82, 2.24) is 20.1 Å². The fourth-order valence-electron chi connectivity index (χ4n) is 3.33. The fourth-order valence-corrected chi connectivity index (χ4v) is 3.33. The summed E-state index contributed by atoms with van der Waals surface area (Å²) in [5.74, 6) is 1.01. The summed E-state index contributed by atoms with van der Waals surface area (Å²) in [5, 5.41) is 8.86. The minimum absolute atomic E-state index is 0.627. The second-order valence-corrected chi connectivity index (χ2v) is 5.78. The van der Waals surface area contributed by atoms with Crippen molar-refractivity contribution < 1.29 is 0 Å². The van der Waals surface area contributed by atoms with Crippen LogP contribution in [-0.2, 0) is 0 Å². The monoisotopic (exact) mass is 281 g/mol. The quantitative estimate of drug-likeness (QED) is 0.840. The molecule has 5 rings (SSSR count). The van der Waals surface area contributed by atoms with E-state index in [-0.39, 0.29) is 0 Å². The third-order valence-electron chi connectivity index (χ3n) is 4.56. The molecule has 0 aliphatic carbocycles. The van der Waals surface area contributed by atoms with Gasteiger partial charge in [0, 0.05) is 50.2 Å². The molecule has 3 fully saturated rings. The highest BCUT2D eigenvalue weighted by atomic mass is 15.3. The van der Waals surface area contributed by atoms with Gasteiger partial charge in [-0.1, -0.05) is 0 Å². The van der Waals surface area contributed by atoms with E-state index in [2.05, 4.69) is 37.1 Å². The number of pyridine rings is 1. The van der Waals surface area contributed by atoms with Gasteiger partial charge in [0.25, 0.3) is 0 Å². The summed E-state index contributed by atoms with van der Waals surface area (Å²) >= 11 is 0. The molecule has 0 atom stereocenters. The summed E-state index contributed by atoms with van der Waals surface area (Å²) < 4.78 is 0. The van der Waals surface area contributed by atoms with Crippen LogP contribution >= 0.6 is 0 Å². The van der Waals surface area contributed by atoms with Crippen LogP contribution in [0.2, 0.25) is 0 Å². The minimum Gasteiger partial charge on any atom is -0.351 e. The summed E-state index contributed by atoms with van der Waals surface area (Å²) in [6, 6.07) is 8.71. The van der Waals surface area contributed by atoms with Crippen molar-refractivity contribution in [1.29, 1.82) is 0 Å². The van der Waals surface area contributed by atoms with Crippen LogP contribution in [0.5, 0.6) is 0 Å². The van der Waals surface area contributed by atoms with E-state index in [0.29, 0.717) is 6.04 Å². The number of nitrogens with zero attached hydrogens (tertiary/aromatic N) is 5. The van der Waals surface area contributed by atoms with Crippen molar-refractivity contribution in [2.45, 2.75) is 18.9 Å². The number of anilines is 1. The lowest BCUT2D eigenvalue weighted by molar-refractivity contribution is 0.250. The zero-order chi connectivity index (χ0) is 14.1. The first-order valence-electron chi connectivity index (χ1n) is 7.63. The number of fused-ring (bicyclic) bond motifs is 4. The van der Waals surface area contributed by atoms with Gasteiger partial charge in [0.05, 0.1) is 5.69 Å². The van der Waals surface area contributed by atoms with Gasteiger partial charge in [0.2, 0.25) is 0 Å². The van der Waals surface area contributed by atoms with Crippen molar-refractivity contribution in [3.05, 3.63) is 36.7 Å².